The number of hydrogen-bond acceptors (Lipinski definition) is 7. The Bertz CT molecular complexity index is 912. The van der Waals surface area contributed by atoms with Gasteiger partial charge in [-0.1, -0.05) is 12.1 Å². The summed E-state index contributed by atoms with van der Waals surface area (Å²) >= 11 is 0. The molecule has 0 atom stereocenters. The van der Waals surface area contributed by atoms with Gasteiger partial charge >= 0.3 is 0 Å². The van der Waals surface area contributed by atoms with Gasteiger partial charge in [-0.2, -0.15) is 0 Å². The largest absolute Gasteiger partial charge is 0.379 e. The first-order valence-electron chi connectivity index (χ1n) is 8.42. The second-order valence-electron chi connectivity index (χ2n) is 6.07. The molecule has 8 heteroatoms. The molecule has 4 rings (SSSR count). The number of morpholine rings is 1. The third-order valence-corrected chi connectivity index (χ3v) is 4.26. The Balaban J connectivity index is 1.51. The molecule has 1 aliphatic heterocycles. The zero-order valence-electron chi connectivity index (χ0n) is 14.1. The summed E-state index contributed by atoms with van der Waals surface area (Å²) in [5.41, 5.74) is 1.68. The summed E-state index contributed by atoms with van der Waals surface area (Å²) < 4.78 is 5.30. The number of nitrogens with one attached hydrogen (secondary N) is 1. The van der Waals surface area contributed by atoms with Gasteiger partial charge in [0.1, 0.15) is 5.82 Å². The summed E-state index contributed by atoms with van der Waals surface area (Å²) in [7, 11) is 0. The first-order chi connectivity index (χ1) is 12.8. The minimum atomic E-state index is -0.0742. The van der Waals surface area contributed by atoms with E-state index in [0.29, 0.717) is 25.6 Å². The molecule has 1 aromatic carbocycles. The molecule has 3 heterocycles. The molecule has 1 aliphatic rings. The Labute approximate surface area is 150 Å². The van der Waals surface area contributed by atoms with Crippen LogP contribution in [0, 0.1) is 0 Å². The van der Waals surface area contributed by atoms with Gasteiger partial charge < -0.3 is 10.1 Å². The van der Waals surface area contributed by atoms with Crippen molar-refractivity contribution in [3.63, 3.8) is 0 Å². The van der Waals surface area contributed by atoms with E-state index in [1.807, 2.05) is 24.3 Å². The predicted octanol–water partition coefficient (Wildman–Crippen LogP) is 1.36. The molecular weight excluding hydrogens is 332 g/mol. The van der Waals surface area contributed by atoms with E-state index in [1.165, 1.54) is 0 Å². The van der Waals surface area contributed by atoms with Crippen molar-refractivity contribution in [3.8, 4) is 11.3 Å². The molecule has 0 spiro atoms. The lowest BCUT2D eigenvalue weighted by molar-refractivity contribution is -0.118. The van der Waals surface area contributed by atoms with Gasteiger partial charge in [-0.25, -0.2) is 4.98 Å². The zero-order valence-corrected chi connectivity index (χ0v) is 14.1. The normalized spacial score (nSPS) is 15.1. The lowest BCUT2D eigenvalue weighted by atomic mass is 10.1. The van der Waals surface area contributed by atoms with Gasteiger partial charge in [0.15, 0.2) is 0 Å². The Hall–Kier alpha value is -2.97. The summed E-state index contributed by atoms with van der Waals surface area (Å²) in [4.78, 5) is 18.6. The fraction of sp³-hybridized carbons (Fsp3) is 0.278. The number of fused-ring (bicyclic) bond motifs is 1. The lowest BCUT2D eigenvalue weighted by Gasteiger charge is -2.25. The number of pyridine rings is 1. The number of amides is 1. The molecule has 26 heavy (non-hydrogen) atoms. The van der Waals surface area contributed by atoms with E-state index in [9.17, 15) is 4.79 Å². The molecular formula is C18H18N6O2. The number of carbonyl (C=O) groups excluding carboxylic acids is 1. The van der Waals surface area contributed by atoms with Crippen LogP contribution in [0.1, 0.15) is 0 Å². The standard InChI is InChI=1S/C18H18N6O2/c25-18(12-24-5-7-26-8-6-24)21-17-10-15-9-13(1-2-14(15)11-19-17)16-3-4-20-23-22-16/h1-4,9-11H,5-8,12H2,(H,19,21,25). The number of benzene rings is 1. The van der Waals surface area contributed by atoms with Gasteiger partial charge in [0.25, 0.3) is 0 Å². The average molecular weight is 350 g/mol. The van der Waals surface area contributed by atoms with E-state index in [4.69, 9.17) is 4.74 Å². The molecule has 1 amide bonds. The highest BCUT2D eigenvalue weighted by Crippen LogP contribution is 2.23. The summed E-state index contributed by atoms with van der Waals surface area (Å²) in [6.45, 7) is 3.23. The van der Waals surface area contributed by atoms with Crippen molar-refractivity contribution < 1.29 is 9.53 Å². The van der Waals surface area contributed by atoms with Gasteiger partial charge in [-0.3, -0.25) is 9.69 Å². The quantitative estimate of drug-likeness (QED) is 0.759. The Morgan fingerprint density at radius 1 is 1.15 bits per heavy atom. The SMILES string of the molecule is O=C(CN1CCOCC1)Nc1cc2cc(-c3ccnnn3)ccc2cn1. The smallest absolute Gasteiger partial charge is 0.239 e. The van der Waals surface area contributed by atoms with Crippen molar-refractivity contribution in [1.82, 2.24) is 25.3 Å². The molecule has 0 radical (unpaired) electrons. The number of rotatable bonds is 4. The highest BCUT2D eigenvalue weighted by atomic mass is 16.5. The van der Waals surface area contributed by atoms with Crippen LogP contribution >= 0.6 is 0 Å². The first kappa shape index (κ1) is 16.5. The Morgan fingerprint density at radius 2 is 2.04 bits per heavy atom. The minimum absolute atomic E-state index is 0.0742. The van der Waals surface area contributed by atoms with Crippen molar-refractivity contribution in [2.45, 2.75) is 0 Å². The fourth-order valence-electron chi connectivity index (χ4n) is 2.91. The number of aromatic nitrogens is 4. The highest BCUT2D eigenvalue weighted by Gasteiger charge is 2.14. The van der Waals surface area contributed by atoms with Crippen molar-refractivity contribution >= 4 is 22.5 Å². The third-order valence-electron chi connectivity index (χ3n) is 4.26. The maximum atomic E-state index is 12.2. The summed E-state index contributed by atoms with van der Waals surface area (Å²) in [6.07, 6.45) is 3.36. The van der Waals surface area contributed by atoms with Crippen molar-refractivity contribution in [2.75, 3.05) is 38.2 Å². The first-order valence-corrected chi connectivity index (χ1v) is 8.42. The molecule has 0 aliphatic carbocycles. The van der Waals surface area contributed by atoms with E-state index < -0.39 is 0 Å². The molecule has 1 fully saturated rings. The molecule has 132 valence electrons. The van der Waals surface area contributed by atoms with Gasteiger partial charge in [-0.05, 0) is 28.8 Å². The molecule has 0 saturated carbocycles. The Kier molecular flexibility index (Phi) is 4.76. The molecule has 0 bridgehead atoms. The summed E-state index contributed by atoms with van der Waals surface area (Å²) in [5, 5.41) is 16.2. The number of hydrogen-bond donors (Lipinski definition) is 1. The van der Waals surface area contributed by atoms with Crippen LogP contribution in [-0.2, 0) is 9.53 Å². The van der Waals surface area contributed by atoms with Crippen LogP contribution in [0.2, 0.25) is 0 Å². The van der Waals surface area contributed by atoms with E-state index >= 15 is 0 Å². The summed E-state index contributed by atoms with van der Waals surface area (Å²) in [5.74, 6) is 0.462. The lowest BCUT2D eigenvalue weighted by Crippen LogP contribution is -2.41. The van der Waals surface area contributed by atoms with Crippen LogP contribution in [0.3, 0.4) is 0 Å². The molecule has 2 aromatic heterocycles. The molecule has 1 saturated heterocycles. The van der Waals surface area contributed by atoms with Gasteiger partial charge in [0.05, 0.1) is 31.6 Å². The number of nitrogens with zero attached hydrogens (tertiary/aromatic N) is 5. The monoisotopic (exact) mass is 350 g/mol. The van der Waals surface area contributed by atoms with Gasteiger partial charge in [-0.15, -0.1) is 10.2 Å². The van der Waals surface area contributed by atoms with E-state index in [2.05, 4.69) is 30.6 Å². The van der Waals surface area contributed by atoms with Gasteiger partial charge in [0, 0.05) is 30.2 Å². The maximum Gasteiger partial charge on any atom is 0.239 e. The number of ether oxygens (including phenoxy) is 1. The number of carbonyl (C=O) groups is 1. The summed E-state index contributed by atoms with van der Waals surface area (Å²) in [6, 6.07) is 9.60. The molecule has 1 N–H and O–H groups in total. The zero-order chi connectivity index (χ0) is 17.8. The molecule has 8 nitrogen and oxygen atoms in total. The van der Waals surface area contributed by atoms with Crippen LogP contribution in [0.5, 0.6) is 0 Å². The predicted molar refractivity (Wildman–Crippen MR) is 96.5 cm³/mol. The van der Waals surface area contributed by atoms with Crippen molar-refractivity contribution in [2.24, 2.45) is 0 Å². The molecule has 0 unspecified atom stereocenters. The van der Waals surface area contributed by atoms with E-state index in [1.54, 1.807) is 18.5 Å². The van der Waals surface area contributed by atoms with Crippen LogP contribution < -0.4 is 5.32 Å². The highest BCUT2D eigenvalue weighted by molar-refractivity contribution is 5.94. The Morgan fingerprint density at radius 3 is 2.85 bits per heavy atom. The van der Waals surface area contributed by atoms with Crippen LogP contribution in [0.15, 0.2) is 42.7 Å². The maximum absolute atomic E-state index is 12.2. The van der Waals surface area contributed by atoms with E-state index in [-0.39, 0.29) is 5.91 Å². The minimum Gasteiger partial charge on any atom is -0.379 e. The van der Waals surface area contributed by atoms with Crippen LogP contribution in [-0.4, -0.2) is 64.0 Å². The second kappa shape index (κ2) is 7.51. The van der Waals surface area contributed by atoms with E-state index in [0.717, 1.165) is 35.1 Å². The van der Waals surface area contributed by atoms with Crippen LogP contribution in [0.4, 0.5) is 5.82 Å². The van der Waals surface area contributed by atoms with Crippen molar-refractivity contribution in [1.29, 1.82) is 0 Å². The molecule has 3 aromatic rings. The van der Waals surface area contributed by atoms with Gasteiger partial charge in [0.2, 0.25) is 5.91 Å². The second-order valence-corrected chi connectivity index (χ2v) is 6.07. The van der Waals surface area contributed by atoms with Crippen molar-refractivity contribution in [3.05, 3.63) is 42.7 Å². The third kappa shape index (κ3) is 3.81. The number of anilines is 1. The van der Waals surface area contributed by atoms with Crippen LogP contribution in [0.25, 0.3) is 22.0 Å². The average Bonchev–Trinajstić information content (AvgIpc) is 2.69. The topological polar surface area (TPSA) is 93.1 Å². The fourth-order valence-corrected chi connectivity index (χ4v) is 2.91.